The van der Waals surface area contributed by atoms with Crippen LogP contribution in [-0.4, -0.2) is 6.54 Å². The number of nitriles is 1. The highest BCUT2D eigenvalue weighted by molar-refractivity contribution is 5.49. The number of anilines is 1. The first-order valence-electron chi connectivity index (χ1n) is 5.00. The van der Waals surface area contributed by atoms with Gasteiger partial charge in [-0.1, -0.05) is 26.3 Å². The molecule has 0 amide bonds. The summed E-state index contributed by atoms with van der Waals surface area (Å²) in [5.74, 6) is 0.667. The number of hydrogen-bond donors (Lipinski definition) is 1. The Morgan fingerprint density at radius 2 is 2.29 bits per heavy atom. The minimum Gasteiger partial charge on any atom is -0.385 e. The van der Waals surface area contributed by atoms with Crippen LogP contribution in [0.3, 0.4) is 0 Å². The third-order valence-electron chi connectivity index (χ3n) is 2.34. The Kier molecular flexibility index (Phi) is 4.00. The number of hydrogen-bond acceptors (Lipinski definition) is 2. The van der Waals surface area contributed by atoms with Crippen molar-refractivity contribution in [3.8, 4) is 6.07 Å². The summed E-state index contributed by atoms with van der Waals surface area (Å²) >= 11 is 0. The molecule has 0 bridgehead atoms. The van der Waals surface area contributed by atoms with Crippen molar-refractivity contribution in [2.45, 2.75) is 20.3 Å². The van der Waals surface area contributed by atoms with Gasteiger partial charge in [0.2, 0.25) is 0 Å². The minimum atomic E-state index is 0.667. The molecular formula is C12H16N2. The van der Waals surface area contributed by atoms with Crippen molar-refractivity contribution in [3.63, 3.8) is 0 Å². The van der Waals surface area contributed by atoms with Crippen molar-refractivity contribution in [1.29, 1.82) is 5.26 Å². The highest BCUT2D eigenvalue weighted by Gasteiger charge is 1.98. The molecule has 74 valence electrons. The maximum Gasteiger partial charge on any atom is 0.0992 e. The fraction of sp³-hybridized carbons (Fsp3) is 0.417. The predicted molar refractivity (Wildman–Crippen MR) is 59.1 cm³/mol. The summed E-state index contributed by atoms with van der Waals surface area (Å²) in [6.07, 6.45) is 1.17. The van der Waals surface area contributed by atoms with Gasteiger partial charge >= 0.3 is 0 Å². The van der Waals surface area contributed by atoms with Gasteiger partial charge in [0.1, 0.15) is 0 Å². The van der Waals surface area contributed by atoms with Crippen LogP contribution in [0.15, 0.2) is 24.3 Å². The topological polar surface area (TPSA) is 35.8 Å². The van der Waals surface area contributed by atoms with Gasteiger partial charge < -0.3 is 5.32 Å². The second kappa shape index (κ2) is 5.29. The van der Waals surface area contributed by atoms with Crippen LogP contribution in [0.5, 0.6) is 0 Å². The monoisotopic (exact) mass is 188 g/mol. The van der Waals surface area contributed by atoms with E-state index in [1.807, 2.05) is 24.3 Å². The number of nitrogens with one attached hydrogen (secondary N) is 1. The zero-order valence-electron chi connectivity index (χ0n) is 8.75. The molecule has 0 radical (unpaired) electrons. The number of nitrogens with zero attached hydrogens (tertiary/aromatic N) is 1. The standard InChI is InChI=1S/C12H16N2/c1-3-10(2)9-14-12-6-4-5-11(7-12)8-13/h4-7,10,14H,3,9H2,1-2H3/t10-/m1/s1. The van der Waals surface area contributed by atoms with E-state index in [2.05, 4.69) is 25.2 Å². The van der Waals surface area contributed by atoms with Crippen LogP contribution < -0.4 is 5.32 Å². The van der Waals surface area contributed by atoms with Crippen molar-refractivity contribution in [1.82, 2.24) is 0 Å². The van der Waals surface area contributed by atoms with Crippen LogP contribution in [0, 0.1) is 17.2 Å². The number of rotatable bonds is 4. The molecule has 1 atom stereocenters. The van der Waals surface area contributed by atoms with Gasteiger partial charge in [0.25, 0.3) is 0 Å². The van der Waals surface area contributed by atoms with Gasteiger partial charge in [-0.15, -0.1) is 0 Å². The van der Waals surface area contributed by atoms with E-state index in [1.165, 1.54) is 6.42 Å². The lowest BCUT2D eigenvalue weighted by molar-refractivity contribution is 0.593. The first-order chi connectivity index (χ1) is 6.76. The molecule has 1 aromatic carbocycles. The summed E-state index contributed by atoms with van der Waals surface area (Å²) in [5, 5.41) is 12.0. The van der Waals surface area contributed by atoms with Crippen LogP contribution >= 0.6 is 0 Å². The molecule has 0 fully saturated rings. The van der Waals surface area contributed by atoms with E-state index >= 15 is 0 Å². The van der Waals surface area contributed by atoms with Gasteiger partial charge in [-0.25, -0.2) is 0 Å². The van der Waals surface area contributed by atoms with E-state index in [1.54, 1.807) is 0 Å². The molecule has 0 heterocycles. The average molecular weight is 188 g/mol. The van der Waals surface area contributed by atoms with Crippen molar-refractivity contribution in [2.24, 2.45) is 5.92 Å². The van der Waals surface area contributed by atoms with Crippen LogP contribution in [-0.2, 0) is 0 Å². The SMILES string of the molecule is CC[C@@H](C)CNc1cccc(C#N)c1. The molecule has 0 aromatic heterocycles. The molecule has 2 heteroatoms. The summed E-state index contributed by atoms with van der Waals surface area (Å²) in [6.45, 7) is 5.35. The first-order valence-corrected chi connectivity index (χ1v) is 5.00. The van der Waals surface area contributed by atoms with E-state index < -0.39 is 0 Å². The lowest BCUT2D eigenvalue weighted by Crippen LogP contribution is -2.10. The Morgan fingerprint density at radius 3 is 2.93 bits per heavy atom. The summed E-state index contributed by atoms with van der Waals surface area (Å²) < 4.78 is 0. The summed E-state index contributed by atoms with van der Waals surface area (Å²) in [7, 11) is 0. The average Bonchev–Trinajstić information content (AvgIpc) is 2.26. The first kappa shape index (κ1) is 10.6. The third-order valence-corrected chi connectivity index (χ3v) is 2.34. The smallest absolute Gasteiger partial charge is 0.0992 e. The molecule has 14 heavy (non-hydrogen) atoms. The molecule has 0 aliphatic heterocycles. The van der Waals surface area contributed by atoms with Gasteiger partial charge in [0.05, 0.1) is 11.6 Å². The Balaban J connectivity index is 2.55. The lowest BCUT2D eigenvalue weighted by Gasteiger charge is -2.11. The van der Waals surface area contributed by atoms with Crippen LogP contribution in [0.2, 0.25) is 0 Å². The van der Waals surface area contributed by atoms with Gasteiger partial charge in [0.15, 0.2) is 0 Å². The zero-order valence-corrected chi connectivity index (χ0v) is 8.75. The van der Waals surface area contributed by atoms with Crippen LogP contribution in [0.4, 0.5) is 5.69 Å². The molecule has 0 aliphatic carbocycles. The fourth-order valence-electron chi connectivity index (χ4n) is 1.14. The Hall–Kier alpha value is -1.49. The molecule has 0 saturated carbocycles. The van der Waals surface area contributed by atoms with E-state index in [0.29, 0.717) is 11.5 Å². The number of benzene rings is 1. The molecule has 1 rings (SSSR count). The Labute approximate surface area is 85.6 Å². The molecule has 1 N–H and O–H groups in total. The largest absolute Gasteiger partial charge is 0.385 e. The van der Waals surface area contributed by atoms with E-state index in [0.717, 1.165) is 12.2 Å². The van der Waals surface area contributed by atoms with E-state index in [9.17, 15) is 0 Å². The zero-order chi connectivity index (χ0) is 10.4. The maximum absolute atomic E-state index is 8.71. The molecule has 2 nitrogen and oxygen atoms in total. The van der Waals surface area contributed by atoms with Crippen LogP contribution in [0.25, 0.3) is 0 Å². The van der Waals surface area contributed by atoms with Crippen LogP contribution in [0.1, 0.15) is 25.8 Å². The molecule has 0 spiro atoms. The lowest BCUT2D eigenvalue weighted by atomic mass is 10.1. The third kappa shape index (κ3) is 3.10. The van der Waals surface area contributed by atoms with E-state index in [4.69, 9.17) is 5.26 Å². The second-order valence-electron chi connectivity index (χ2n) is 3.59. The summed E-state index contributed by atoms with van der Waals surface area (Å²) in [6, 6.07) is 9.71. The van der Waals surface area contributed by atoms with Crippen molar-refractivity contribution in [2.75, 3.05) is 11.9 Å². The fourth-order valence-corrected chi connectivity index (χ4v) is 1.14. The highest BCUT2D eigenvalue weighted by Crippen LogP contribution is 2.11. The maximum atomic E-state index is 8.71. The molecular weight excluding hydrogens is 172 g/mol. The molecule has 0 saturated heterocycles. The minimum absolute atomic E-state index is 0.667. The Morgan fingerprint density at radius 1 is 1.50 bits per heavy atom. The normalized spacial score (nSPS) is 11.8. The highest BCUT2D eigenvalue weighted by atomic mass is 14.9. The van der Waals surface area contributed by atoms with E-state index in [-0.39, 0.29) is 0 Å². The van der Waals surface area contributed by atoms with Gasteiger partial charge in [0, 0.05) is 12.2 Å². The quantitative estimate of drug-likeness (QED) is 0.788. The summed E-state index contributed by atoms with van der Waals surface area (Å²) in [4.78, 5) is 0. The Bertz CT molecular complexity index is 325. The van der Waals surface area contributed by atoms with Gasteiger partial charge in [-0.05, 0) is 24.1 Å². The molecule has 0 aliphatic rings. The van der Waals surface area contributed by atoms with Gasteiger partial charge in [-0.2, -0.15) is 5.26 Å². The van der Waals surface area contributed by atoms with Crippen molar-refractivity contribution in [3.05, 3.63) is 29.8 Å². The summed E-state index contributed by atoms with van der Waals surface area (Å²) in [5.41, 5.74) is 1.74. The van der Waals surface area contributed by atoms with Crippen molar-refractivity contribution < 1.29 is 0 Å². The second-order valence-corrected chi connectivity index (χ2v) is 3.59. The van der Waals surface area contributed by atoms with Crippen molar-refractivity contribution >= 4 is 5.69 Å². The molecule has 0 unspecified atom stereocenters. The van der Waals surface area contributed by atoms with Gasteiger partial charge in [-0.3, -0.25) is 0 Å². The predicted octanol–water partition coefficient (Wildman–Crippen LogP) is 3.02. The molecule has 1 aromatic rings.